The van der Waals surface area contributed by atoms with Crippen LogP contribution in [-0.2, 0) is 14.2 Å². The molecule has 21 heavy (non-hydrogen) atoms. The average Bonchev–Trinajstić information content (AvgIpc) is 2.46. The zero-order valence-corrected chi connectivity index (χ0v) is 14.7. The SMILES string of the molecule is COCCOCCOC(CNC(C)C)c1ccc(Br)cc1. The first-order chi connectivity index (χ1) is 10.1. The second kappa shape index (κ2) is 11.2. The molecule has 120 valence electrons. The third kappa shape index (κ3) is 8.53. The van der Waals surface area contributed by atoms with Crippen molar-refractivity contribution in [2.45, 2.75) is 26.0 Å². The molecule has 0 heterocycles. The van der Waals surface area contributed by atoms with Gasteiger partial charge in [0.25, 0.3) is 0 Å². The first-order valence-corrected chi connectivity index (χ1v) is 8.10. The Labute approximate surface area is 136 Å². The molecule has 0 aliphatic carbocycles. The lowest BCUT2D eigenvalue weighted by molar-refractivity contribution is -0.00738. The minimum absolute atomic E-state index is 0.0338. The molecule has 4 nitrogen and oxygen atoms in total. The molecule has 0 saturated carbocycles. The minimum atomic E-state index is 0.0338. The Morgan fingerprint density at radius 2 is 1.71 bits per heavy atom. The summed E-state index contributed by atoms with van der Waals surface area (Å²) in [4.78, 5) is 0. The molecular formula is C16H26BrNO3. The number of nitrogens with one attached hydrogen (secondary N) is 1. The summed E-state index contributed by atoms with van der Waals surface area (Å²) in [7, 11) is 1.67. The molecule has 1 atom stereocenters. The Bertz CT molecular complexity index is 370. The highest BCUT2D eigenvalue weighted by Crippen LogP contribution is 2.19. The first-order valence-electron chi connectivity index (χ1n) is 7.30. The molecule has 0 radical (unpaired) electrons. The summed E-state index contributed by atoms with van der Waals surface area (Å²) in [6, 6.07) is 8.68. The number of rotatable bonds is 11. The maximum atomic E-state index is 5.96. The van der Waals surface area contributed by atoms with E-state index in [9.17, 15) is 0 Å². The summed E-state index contributed by atoms with van der Waals surface area (Å²) in [6.45, 7) is 7.43. The molecule has 1 aromatic rings. The minimum Gasteiger partial charge on any atom is -0.382 e. The average molecular weight is 360 g/mol. The molecule has 0 saturated heterocycles. The van der Waals surface area contributed by atoms with Crippen LogP contribution < -0.4 is 5.32 Å². The Balaban J connectivity index is 2.42. The van der Waals surface area contributed by atoms with E-state index in [-0.39, 0.29) is 6.10 Å². The Morgan fingerprint density at radius 1 is 1.05 bits per heavy atom. The second-order valence-corrected chi connectivity index (χ2v) is 5.99. The molecule has 0 fully saturated rings. The molecule has 0 bridgehead atoms. The van der Waals surface area contributed by atoms with Crippen LogP contribution >= 0.6 is 15.9 Å². The van der Waals surface area contributed by atoms with Gasteiger partial charge in [-0.2, -0.15) is 0 Å². The van der Waals surface area contributed by atoms with Gasteiger partial charge in [0.15, 0.2) is 0 Å². The van der Waals surface area contributed by atoms with Gasteiger partial charge in [-0.3, -0.25) is 0 Å². The van der Waals surface area contributed by atoms with E-state index in [4.69, 9.17) is 14.2 Å². The van der Waals surface area contributed by atoms with Gasteiger partial charge in [-0.05, 0) is 17.7 Å². The van der Waals surface area contributed by atoms with Gasteiger partial charge in [0.1, 0.15) is 0 Å². The van der Waals surface area contributed by atoms with Gasteiger partial charge in [-0.15, -0.1) is 0 Å². The summed E-state index contributed by atoms with van der Waals surface area (Å²) in [5, 5.41) is 3.42. The van der Waals surface area contributed by atoms with Crippen LogP contribution in [0, 0.1) is 0 Å². The molecule has 0 aliphatic heterocycles. The van der Waals surface area contributed by atoms with Gasteiger partial charge in [0.2, 0.25) is 0 Å². The van der Waals surface area contributed by atoms with Crippen LogP contribution in [-0.4, -0.2) is 46.1 Å². The van der Waals surface area contributed by atoms with Crippen LogP contribution in [0.25, 0.3) is 0 Å². The van der Waals surface area contributed by atoms with Gasteiger partial charge in [0, 0.05) is 24.2 Å². The number of benzene rings is 1. The topological polar surface area (TPSA) is 39.7 Å². The summed E-state index contributed by atoms with van der Waals surface area (Å²) in [5.41, 5.74) is 1.17. The van der Waals surface area contributed by atoms with Gasteiger partial charge in [-0.25, -0.2) is 0 Å². The zero-order chi connectivity index (χ0) is 15.5. The summed E-state index contributed by atoms with van der Waals surface area (Å²) in [5.74, 6) is 0. The van der Waals surface area contributed by atoms with E-state index in [0.29, 0.717) is 32.5 Å². The van der Waals surface area contributed by atoms with Crippen molar-refractivity contribution in [2.24, 2.45) is 0 Å². The Hall–Kier alpha value is -0.460. The number of hydrogen-bond acceptors (Lipinski definition) is 4. The smallest absolute Gasteiger partial charge is 0.0950 e. The van der Waals surface area contributed by atoms with Crippen molar-refractivity contribution >= 4 is 15.9 Å². The van der Waals surface area contributed by atoms with Crippen LogP contribution in [0.4, 0.5) is 0 Å². The van der Waals surface area contributed by atoms with Crippen molar-refractivity contribution in [3.05, 3.63) is 34.3 Å². The number of hydrogen-bond donors (Lipinski definition) is 1. The first kappa shape index (κ1) is 18.6. The summed E-state index contributed by atoms with van der Waals surface area (Å²) >= 11 is 3.46. The molecule has 5 heteroatoms. The molecule has 0 amide bonds. The van der Waals surface area contributed by atoms with Gasteiger partial charge < -0.3 is 19.5 Å². The van der Waals surface area contributed by atoms with E-state index in [1.54, 1.807) is 7.11 Å². The van der Waals surface area contributed by atoms with Crippen LogP contribution in [0.3, 0.4) is 0 Å². The van der Waals surface area contributed by atoms with E-state index < -0.39 is 0 Å². The fraction of sp³-hybridized carbons (Fsp3) is 0.625. The van der Waals surface area contributed by atoms with Crippen LogP contribution in [0.5, 0.6) is 0 Å². The van der Waals surface area contributed by atoms with E-state index in [0.717, 1.165) is 11.0 Å². The third-order valence-corrected chi connectivity index (χ3v) is 3.46. The van der Waals surface area contributed by atoms with Crippen molar-refractivity contribution < 1.29 is 14.2 Å². The van der Waals surface area contributed by atoms with Crippen molar-refractivity contribution in [3.63, 3.8) is 0 Å². The fourth-order valence-corrected chi connectivity index (χ4v) is 2.05. The Morgan fingerprint density at radius 3 is 2.33 bits per heavy atom. The van der Waals surface area contributed by atoms with Crippen LogP contribution in [0.15, 0.2) is 28.7 Å². The van der Waals surface area contributed by atoms with E-state index in [2.05, 4.69) is 47.2 Å². The fourth-order valence-electron chi connectivity index (χ4n) is 1.79. The molecule has 1 N–H and O–H groups in total. The van der Waals surface area contributed by atoms with E-state index in [1.807, 2.05) is 12.1 Å². The lowest BCUT2D eigenvalue weighted by atomic mass is 10.1. The normalized spacial score (nSPS) is 12.8. The van der Waals surface area contributed by atoms with Crippen LogP contribution in [0.2, 0.25) is 0 Å². The van der Waals surface area contributed by atoms with Gasteiger partial charge in [-0.1, -0.05) is 41.9 Å². The second-order valence-electron chi connectivity index (χ2n) is 5.08. The van der Waals surface area contributed by atoms with Crippen molar-refractivity contribution in [2.75, 3.05) is 40.1 Å². The molecular weight excluding hydrogens is 334 g/mol. The van der Waals surface area contributed by atoms with E-state index in [1.165, 1.54) is 5.56 Å². The van der Waals surface area contributed by atoms with Gasteiger partial charge in [0.05, 0.1) is 32.5 Å². The lowest BCUT2D eigenvalue weighted by Gasteiger charge is -2.20. The molecule has 0 aromatic heterocycles. The Kier molecular flexibility index (Phi) is 9.87. The van der Waals surface area contributed by atoms with Crippen molar-refractivity contribution in [1.82, 2.24) is 5.32 Å². The number of methoxy groups -OCH3 is 1. The molecule has 1 aromatic carbocycles. The monoisotopic (exact) mass is 359 g/mol. The number of ether oxygens (including phenoxy) is 3. The summed E-state index contributed by atoms with van der Waals surface area (Å²) < 4.78 is 17.4. The zero-order valence-electron chi connectivity index (χ0n) is 13.1. The largest absolute Gasteiger partial charge is 0.382 e. The highest BCUT2D eigenvalue weighted by atomic mass is 79.9. The van der Waals surface area contributed by atoms with Crippen LogP contribution in [0.1, 0.15) is 25.5 Å². The highest BCUT2D eigenvalue weighted by molar-refractivity contribution is 9.10. The predicted octanol–water partition coefficient (Wildman–Crippen LogP) is 3.17. The lowest BCUT2D eigenvalue weighted by Crippen LogP contribution is -2.29. The third-order valence-electron chi connectivity index (χ3n) is 2.93. The molecule has 0 aliphatic rings. The maximum Gasteiger partial charge on any atom is 0.0950 e. The quantitative estimate of drug-likeness (QED) is 0.616. The molecule has 1 rings (SSSR count). The number of halogens is 1. The standard InChI is InChI=1S/C16H26BrNO3/c1-13(2)18-12-16(14-4-6-15(17)7-5-14)21-11-10-20-9-8-19-3/h4-7,13,16,18H,8-12H2,1-3H3. The summed E-state index contributed by atoms with van der Waals surface area (Å²) in [6.07, 6.45) is 0.0338. The van der Waals surface area contributed by atoms with Crippen molar-refractivity contribution in [3.8, 4) is 0 Å². The van der Waals surface area contributed by atoms with Gasteiger partial charge >= 0.3 is 0 Å². The van der Waals surface area contributed by atoms with E-state index >= 15 is 0 Å². The highest BCUT2D eigenvalue weighted by Gasteiger charge is 2.12. The predicted molar refractivity (Wildman–Crippen MR) is 88.7 cm³/mol. The maximum absolute atomic E-state index is 5.96. The molecule has 1 unspecified atom stereocenters. The molecule has 0 spiro atoms. The van der Waals surface area contributed by atoms with Crippen molar-refractivity contribution in [1.29, 1.82) is 0 Å².